The maximum absolute atomic E-state index is 11.5. The van der Waals surface area contributed by atoms with Crippen LogP contribution in [0.25, 0.3) is 0 Å². The maximum Gasteiger partial charge on any atom is 0.408 e. The molecule has 0 saturated carbocycles. The Hall–Kier alpha value is -1.89. The van der Waals surface area contributed by atoms with Crippen molar-refractivity contribution < 1.29 is 33.0 Å². The van der Waals surface area contributed by atoms with E-state index in [4.69, 9.17) is 4.74 Å². The van der Waals surface area contributed by atoms with Crippen LogP contribution in [0.3, 0.4) is 0 Å². The Bertz CT molecular complexity index is 520. The average Bonchev–Trinajstić information content (AvgIpc) is 2.49. The van der Waals surface area contributed by atoms with E-state index in [1.807, 2.05) is 6.07 Å². The van der Waals surface area contributed by atoms with E-state index in [0.717, 1.165) is 12.7 Å². The fourth-order valence-electron chi connectivity index (χ4n) is 1.20. The molecular weight excluding hydrogens is 301 g/mol. The van der Waals surface area contributed by atoms with Crippen LogP contribution in [0.2, 0.25) is 0 Å². The van der Waals surface area contributed by atoms with Gasteiger partial charge in [-0.1, -0.05) is 30.3 Å². The number of carbonyl (C=O) groups excluding carboxylic acids is 2. The molecule has 8 nitrogen and oxygen atoms in total. The number of esters is 1. The zero-order valence-corrected chi connectivity index (χ0v) is 12.2. The summed E-state index contributed by atoms with van der Waals surface area (Å²) in [7, 11) is -3.00. The van der Waals surface area contributed by atoms with Crippen LogP contribution in [-0.4, -0.2) is 37.0 Å². The van der Waals surface area contributed by atoms with Gasteiger partial charge in [0.1, 0.15) is 12.9 Å². The van der Waals surface area contributed by atoms with Crippen molar-refractivity contribution in [1.82, 2.24) is 5.32 Å². The highest BCUT2D eigenvalue weighted by atomic mass is 31.2. The summed E-state index contributed by atoms with van der Waals surface area (Å²) < 4.78 is 25.0. The number of amides is 1. The molecule has 1 amide bonds. The minimum Gasteiger partial charge on any atom is -0.467 e. The molecule has 2 N–H and O–H groups in total. The largest absolute Gasteiger partial charge is 0.467 e. The monoisotopic (exact) mass is 317 g/mol. The lowest BCUT2D eigenvalue weighted by atomic mass is 10.2. The molecular formula is C12H16NO7P. The number of rotatable bonds is 7. The van der Waals surface area contributed by atoms with Gasteiger partial charge in [-0.15, -0.1) is 0 Å². The molecule has 1 aromatic rings. The van der Waals surface area contributed by atoms with Gasteiger partial charge in [-0.3, -0.25) is 9.09 Å². The topological polar surface area (TPSA) is 111 Å². The molecule has 0 spiro atoms. The van der Waals surface area contributed by atoms with E-state index in [0.29, 0.717) is 0 Å². The lowest BCUT2D eigenvalue weighted by Crippen LogP contribution is -2.26. The number of methoxy groups -OCH3 is 1. The minimum absolute atomic E-state index is 0.0332. The first-order valence-electron chi connectivity index (χ1n) is 5.90. The number of benzene rings is 1. The van der Waals surface area contributed by atoms with Gasteiger partial charge in [-0.2, -0.15) is 0 Å². The van der Waals surface area contributed by atoms with Gasteiger partial charge in [0.05, 0.1) is 7.11 Å². The fourth-order valence-corrected chi connectivity index (χ4v) is 1.92. The van der Waals surface area contributed by atoms with Crippen LogP contribution in [0, 0.1) is 0 Å². The van der Waals surface area contributed by atoms with Crippen LogP contribution in [0.15, 0.2) is 30.3 Å². The first kappa shape index (κ1) is 17.2. The van der Waals surface area contributed by atoms with Crippen LogP contribution in [0.1, 0.15) is 5.56 Å². The molecule has 116 valence electrons. The number of hydrogen-bond donors (Lipinski definition) is 2. The molecule has 1 aromatic carbocycles. The molecule has 21 heavy (non-hydrogen) atoms. The van der Waals surface area contributed by atoms with Gasteiger partial charge >= 0.3 is 19.7 Å². The standard InChI is InChI=1S/C12H16NO7P/c1-18-11(14)8-20-21(16,17)9-13-12(15)19-7-10-5-3-2-4-6-10/h2-6H,7-9H2,1H3,(H,13,15)(H,16,17). The number of hydrogen-bond acceptors (Lipinski definition) is 6. The van der Waals surface area contributed by atoms with Gasteiger partial charge in [0.15, 0.2) is 6.61 Å². The molecule has 9 heteroatoms. The predicted molar refractivity (Wildman–Crippen MR) is 72.4 cm³/mol. The zero-order chi connectivity index (χ0) is 15.7. The molecule has 1 rings (SSSR count). The van der Waals surface area contributed by atoms with Crippen molar-refractivity contribution in [1.29, 1.82) is 0 Å². The Morgan fingerprint density at radius 3 is 2.57 bits per heavy atom. The molecule has 1 atom stereocenters. The van der Waals surface area contributed by atoms with Gasteiger partial charge in [0.2, 0.25) is 0 Å². The third kappa shape index (κ3) is 7.45. The van der Waals surface area contributed by atoms with Crippen LogP contribution < -0.4 is 5.32 Å². The van der Waals surface area contributed by atoms with E-state index < -0.39 is 32.6 Å². The van der Waals surface area contributed by atoms with Crippen LogP contribution in [-0.2, 0) is 30.0 Å². The third-order valence-corrected chi connectivity index (χ3v) is 3.34. The lowest BCUT2D eigenvalue weighted by Gasteiger charge is -2.12. The van der Waals surface area contributed by atoms with E-state index in [-0.39, 0.29) is 6.61 Å². The molecule has 0 saturated heterocycles. The Balaban J connectivity index is 2.28. The zero-order valence-electron chi connectivity index (χ0n) is 11.4. The highest BCUT2D eigenvalue weighted by Crippen LogP contribution is 2.40. The van der Waals surface area contributed by atoms with E-state index in [2.05, 4.69) is 14.6 Å². The molecule has 1 unspecified atom stereocenters. The number of ether oxygens (including phenoxy) is 2. The van der Waals surface area contributed by atoms with Crippen molar-refractivity contribution >= 4 is 19.7 Å². The van der Waals surface area contributed by atoms with Gasteiger partial charge < -0.3 is 19.7 Å². The summed E-state index contributed by atoms with van der Waals surface area (Å²) >= 11 is 0. The summed E-state index contributed by atoms with van der Waals surface area (Å²) in [5.41, 5.74) is 0.779. The molecule has 0 heterocycles. The summed E-state index contributed by atoms with van der Waals surface area (Å²) in [6.07, 6.45) is -1.53. The number of nitrogens with one attached hydrogen (secondary N) is 1. The SMILES string of the molecule is COC(=O)COP(=O)(O)CNC(=O)OCc1ccccc1. The van der Waals surface area contributed by atoms with Gasteiger partial charge in [-0.25, -0.2) is 9.59 Å². The second-order valence-corrected chi connectivity index (χ2v) is 5.73. The first-order valence-corrected chi connectivity index (χ1v) is 7.67. The van der Waals surface area contributed by atoms with E-state index in [9.17, 15) is 19.0 Å². The van der Waals surface area contributed by atoms with Crippen LogP contribution >= 0.6 is 7.60 Å². The van der Waals surface area contributed by atoms with E-state index >= 15 is 0 Å². The van der Waals surface area contributed by atoms with Crippen molar-refractivity contribution in [2.75, 3.05) is 20.0 Å². The van der Waals surface area contributed by atoms with Crippen LogP contribution in [0.4, 0.5) is 4.79 Å². The smallest absolute Gasteiger partial charge is 0.408 e. The average molecular weight is 317 g/mol. The third-order valence-electron chi connectivity index (χ3n) is 2.25. The molecule has 0 fully saturated rings. The predicted octanol–water partition coefficient (Wildman–Crippen LogP) is 1.25. The van der Waals surface area contributed by atoms with Crippen molar-refractivity contribution in [3.8, 4) is 0 Å². The Morgan fingerprint density at radius 2 is 1.95 bits per heavy atom. The van der Waals surface area contributed by atoms with Gasteiger partial charge in [0, 0.05) is 0 Å². The molecule has 0 aliphatic heterocycles. The second kappa shape index (κ2) is 8.41. The lowest BCUT2D eigenvalue weighted by molar-refractivity contribution is -0.143. The Kier molecular flexibility index (Phi) is 6.87. The highest BCUT2D eigenvalue weighted by molar-refractivity contribution is 7.52. The number of alkyl carbamates (subject to hydrolysis) is 1. The summed E-state index contributed by atoms with van der Waals surface area (Å²) in [6.45, 7) is -0.642. The van der Waals surface area contributed by atoms with Crippen LogP contribution in [0.5, 0.6) is 0 Å². The summed E-state index contributed by atoms with van der Waals surface area (Å²) in [5, 5.41) is 2.08. The Morgan fingerprint density at radius 1 is 1.29 bits per heavy atom. The first-order chi connectivity index (χ1) is 9.93. The molecule has 0 aliphatic carbocycles. The van der Waals surface area contributed by atoms with Gasteiger partial charge in [-0.05, 0) is 5.56 Å². The van der Waals surface area contributed by atoms with Crippen molar-refractivity contribution in [2.45, 2.75) is 6.61 Å². The quantitative estimate of drug-likeness (QED) is 0.575. The molecule has 0 bridgehead atoms. The molecule has 0 radical (unpaired) electrons. The maximum atomic E-state index is 11.5. The molecule has 0 aliphatic rings. The normalized spacial score (nSPS) is 13.0. The van der Waals surface area contributed by atoms with E-state index in [1.165, 1.54) is 0 Å². The summed E-state index contributed by atoms with van der Waals surface area (Å²) in [4.78, 5) is 31.5. The van der Waals surface area contributed by atoms with Crippen molar-refractivity contribution in [2.24, 2.45) is 0 Å². The van der Waals surface area contributed by atoms with Gasteiger partial charge in [0.25, 0.3) is 0 Å². The summed E-state index contributed by atoms with van der Waals surface area (Å²) in [6, 6.07) is 8.94. The van der Waals surface area contributed by atoms with Crippen molar-refractivity contribution in [3.05, 3.63) is 35.9 Å². The molecule has 0 aromatic heterocycles. The van der Waals surface area contributed by atoms with Crippen molar-refractivity contribution in [3.63, 3.8) is 0 Å². The minimum atomic E-state index is -4.12. The fraction of sp³-hybridized carbons (Fsp3) is 0.333. The Labute approximate surface area is 121 Å². The van der Waals surface area contributed by atoms with E-state index in [1.54, 1.807) is 24.3 Å². The number of carbonyl (C=O) groups is 2. The highest BCUT2D eigenvalue weighted by Gasteiger charge is 2.22. The summed E-state index contributed by atoms with van der Waals surface area (Å²) in [5.74, 6) is -0.795. The second-order valence-electron chi connectivity index (χ2n) is 3.88.